The summed E-state index contributed by atoms with van der Waals surface area (Å²) < 4.78 is 0. The molecule has 1 aliphatic rings. The van der Waals surface area contributed by atoms with Gasteiger partial charge in [-0.25, -0.2) is 0 Å². The normalized spacial score (nSPS) is 21.8. The molecular formula is C5H7N3O2. The molecule has 0 saturated carbocycles. The highest BCUT2D eigenvalue weighted by Gasteiger charge is 2.09. The Hall–Kier alpha value is -1.26. The third kappa shape index (κ3) is 1.93. The van der Waals surface area contributed by atoms with Crippen molar-refractivity contribution in [2.75, 3.05) is 0 Å². The van der Waals surface area contributed by atoms with Crippen molar-refractivity contribution in [3.63, 3.8) is 0 Å². The molecule has 1 N–H and O–H groups in total. The fraction of sp³-hybridized carbons (Fsp3) is 0.600. The molecule has 0 aliphatic carbocycles. The van der Waals surface area contributed by atoms with Crippen molar-refractivity contribution in [3.05, 3.63) is 0 Å². The topological polar surface area (TPSA) is 74.4 Å². The second-order valence-corrected chi connectivity index (χ2v) is 1.97. The van der Waals surface area contributed by atoms with Crippen LogP contribution in [0.1, 0.15) is 12.8 Å². The molecule has 1 heterocycles. The highest BCUT2D eigenvalue weighted by Crippen LogP contribution is 2.05. The van der Waals surface area contributed by atoms with E-state index in [2.05, 4.69) is 15.4 Å². The summed E-state index contributed by atoms with van der Waals surface area (Å²) in [4.78, 5) is 10.0. The number of nitrogens with zero attached hydrogens (tertiary/aromatic N) is 3. The number of carboxylic acid groups (broad SMARTS) is 1. The first-order valence-electron chi connectivity index (χ1n) is 2.94. The third-order valence-electron chi connectivity index (χ3n) is 1.14. The Morgan fingerprint density at radius 2 is 2.50 bits per heavy atom. The fourth-order valence-corrected chi connectivity index (χ4v) is 0.636. The molecular weight excluding hydrogens is 134 g/mol. The van der Waals surface area contributed by atoms with Crippen molar-refractivity contribution >= 4 is 12.2 Å². The highest BCUT2D eigenvalue weighted by atomic mass is 16.4. The van der Waals surface area contributed by atoms with Crippen LogP contribution in [0.25, 0.3) is 0 Å². The van der Waals surface area contributed by atoms with Crippen molar-refractivity contribution in [2.24, 2.45) is 15.4 Å². The van der Waals surface area contributed by atoms with Gasteiger partial charge in [0.25, 0.3) is 0 Å². The maximum atomic E-state index is 10.0. The Bertz CT molecular complexity index is 175. The molecule has 0 aromatic rings. The molecule has 1 unspecified atom stereocenters. The second kappa shape index (κ2) is 3.05. The Morgan fingerprint density at radius 1 is 1.70 bits per heavy atom. The predicted molar refractivity (Wildman–Crippen MR) is 34.0 cm³/mol. The molecule has 0 fully saturated rings. The minimum Gasteiger partial charge on any atom is -0.481 e. The van der Waals surface area contributed by atoms with E-state index < -0.39 is 5.97 Å². The average Bonchev–Trinajstić information content (AvgIpc) is 2.34. The van der Waals surface area contributed by atoms with E-state index in [1.54, 1.807) is 6.21 Å². The van der Waals surface area contributed by atoms with Gasteiger partial charge < -0.3 is 5.11 Å². The van der Waals surface area contributed by atoms with E-state index in [0.717, 1.165) is 0 Å². The van der Waals surface area contributed by atoms with Crippen LogP contribution in [0.5, 0.6) is 0 Å². The zero-order valence-corrected chi connectivity index (χ0v) is 5.27. The van der Waals surface area contributed by atoms with Crippen LogP contribution in [0.15, 0.2) is 15.4 Å². The van der Waals surface area contributed by atoms with Crippen LogP contribution >= 0.6 is 0 Å². The maximum absolute atomic E-state index is 10.0. The van der Waals surface area contributed by atoms with Gasteiger partial charge in [0.2, 0.25) is 0 Å². The molecule has 0 aromatic heterocycles. The lowest BCUT2D eigenvalue weighted by molar-refractivity contribution is -0.137. The average molecular weight is 141 g/mol. The Kier molecular flexibility index (Phi) is 2.09. The zero-order chi connectivity index (χ0) is 7.40. The Balaban J connectivity index is 2.20. The van der Waals surface area contributed by atoms with Crippen molar-refractivity contribution in [1.29, 1.82) is 0 Å². The van der Waals surface area contributed by atoms with E-state index in [9.17, 15) is 4.79 Å². The van der Waals surface area contributed by atoms with Crippen LogP contribution in [0.2, 0.25) is 0 Å². The number of aliphatic carboxylic acids is 1. The van der Waals surface area contributed by atoms with Gasteiger partial charge >= 0.3 is 5.97 Å². The summed E-state index contributed by atoms with van der Waals surface area (Å²) in [6, 6.07) is -0.115. The summed E-state index contributed by atoms with van der Waals surface area (Å²) >= 11 is 0. The minimum atomic E-state index is -0.810. The number of rotatable bonds is 3. The minimum absolute atomic E-state index is 0.115. The van der Waals surface area contributed by atoms with Gasteiger partial charge in [-0.1, -0.05) is 0 Å². The molecule has 1 rings (SSSR count). The van der Waals surface area contributed by atoms with Crippen molar-refractivity contribution < 1.29 is 9.90 Å². The number of hydrogen-bond acceptors (Lipinski definition) is 4. The first-order valence-corrected chi connectivity index (χ1v) is 2.94. The van der Waals surface area contributed by atoms with Gasteiger partial charge in [0.1, 0.15) is 6.04 Å². The van der Waals surface area contributed by atoms with Gasteiger partial charge in [0, 0.05) is 6.42 Å². The summed E-state index contributed by atoms with van der Waals surface area (Å²) in [7, 11) is 0. The Labute approximate surface area is 57.5 Å². The van der Waals surface area contributed by atoms with Gasteiger partial charge in [-0.3, -0.25) is 4.79 Å². The lowest BCUT2D eigenvalue weighted by Gasteiger charge is -1.95. The van der Waals surface area contributed by atoms with Crippen molar-refractivity contribution in [1.82, 2.24) is 0 Å². The molecule has 0 saturated heterocycles. The van der Waals surface area contributed by atoms with Gasteiger partial charge in [-0.15, -0.1) is 5.10 Å². The molecule has 5 nitrogen and oxygen atoms in total. The summed E-state index contributed by atoms with van der Waals surface area (Å²) in [5.74, 6) is -0.810. The number of carboxylic acids is 1. The lowest BCUT2D eigenvalue weighted by atomic mass is 10.2. The smallest absolute Gasteiger partial charge is 0.303 e. The van der Waals surface area contributed by atoms with Crippen LogP contribution in [0, 0.1) is 0 Å². The zero-order valence-electron chi connectivity index (χ0n) is 5.27. The largest absolute Gasteiger partial charge is 0.481 e. The van der Waals surface area contributed by atoms with E-state index in [-0.39, 0.29) is 12.5 Å². The summed E-state index contributed by atoms with van der Waals surface area (Å²) in [6.45, 7) is 0. The van der Waals surface area contributed by atoms with Gasteiger partial charge in [-0.05, 0) is 11.6 Å². The monoisotopic (exact) mass is 141 g/mol. The molecule has 1 aliphatic heterocycles. The van der Waals surface area contributed by atoms with Gasteiger partial charge in [0.15, 0.2) is 0 Å². The quantitative estimate of drug-likeness (QED) is 0.627. The molecule has 10 heavy (non-hydrogen) atoms. The molecule has 0 aromatic carbocycles. The fourth-order valence-electron chi connectivity index (χ4n) is 0.636. The second-order valence-electron chi connectivity index (χ2n) is 1.97. The van der Waals surface area contributed by atoms with Gasteiger partial charge in [0.05, 0.1) is 6.21 Å². The molecule has 1 atom stereocenters. The van der Waals surface area contributed by atoms with Crippen LogP contribution in [-0.4, -0.2) is 23.3 Å². The highest BCUT2D eigenvalue weighted by molar-refractivity contribution is 5.69. The van der Waals surface area contributed by atoms with Crippen molar-refractivity contribution in [3.8, 4) is 0 Å². The maximum Gasteiger partial charge on any atom is 0.303 e. The number of carbonyl (C=O) groups is 1. The van der Waals surface area contributed by atoms with Crippen LogP contribution in [-0.2, 0) is 4.79 Å². The summed E-state index contributed by atoms with van der Waals surface area (Å²) in [6.07, 6.45) is 2.15. The van der Waals surface area contributed by atoms with Crippen LogP contribution in [0.4, 0.5) is 0 Å². The molecule has 54 valence electrons. The molecule has 5 heteroatoms. The van der Waals surface area contributed by atoms with E-state index in [1.165, 1.54) is 0 Å². The third-order valence-corrected chi connectivity index (χ3v) is 1.14. The first-order chi connectivity index (χ1) is 4.79. The molecule has 0 bridgehead atoms. The predicted octanol–water partition coefficient (Wildman–Crippen LogP) is 0.671. The Morgan fingerprint density at radius 3 is 3.00 bits per heavy atom. The van der Waals surface area contributed by atoms with Gasteiger partial charge in [-0.2, -0.15) is 5.11 Å². The SMILES string of the molecule is O=C(O)CCC1C=NN=N1. The van der Waals surface area contributed by atoms with E-state index in [4.69, 9.17) is 5.11 Å². The van der Waals surface area contributed by atoms with Crippen LogP contribution in [0.3, 0.4) is 0 Å². The summed E-state index contributed by atoms with van der Waals surface area (Å²) in [5.41, 5.74) is 0. The molecule has 0 amide bonds. The van der Waals surface area contributed by atoms with E-state index in [1.807, 2.05) is 0 Å². The van der Waals surface area contributed by atoms with E-state index >= 15 is 0 Å². The number of hydrogen-bond donors (Lipinski definition) is 1. The first kappa shape index (κ1) is 6.85. The molecule has 0 radical (unpaired) electrons. The van der Waals surface area contributed by atoms with Crippen molar-refractivity contribution in [2.45, 2.75) is 18.9 Å². The van der Waals surface area contributed by atoms with Crippen LogP contribution < -0.4 is 0 Å². The molecule has 0 spiro atoms. The van der Waals surface area contributed by atoms with E-state index in [0.29, 0.717) is 6.42 Å². The standard InChI is InChI=1S/C5H7N3O2/c9-5(10)2-1-4-3-6-8-7-4/h3-4H,1-2H2,(H,9,10). The summed E-state index contributed by atoms with van der Waals surface area (Å²) in [5, 5.41) is 18.7. The lowest BCUT2D eigenvalue weighted by Crippen LogP contribution is -2.06.